The topological polar surface area (TPSA) is 132 Å². The van der Waals surface area contributed by atoms with Gasteiger partial charge in [0.25, 0.3) is 0 Å². The first-order valence-electron chi connectivity index (χ1n) is 10.1. The van der Waals surface area contributed by atoms with Crippen LogP contribution in [-0.2, 0) is 27.2 Å². The number of aromatic nitrogens is 3. The number of nitrogens with two attached hydrogens (primary N) is 1. The van der Waals surface area contributed by atoms with Crippen molar-refractivity contribution in [3.05, 3.63) is 53.9 Å². The number of aliphatic hydroxyl groups is 1. The average molecular weight is 485 g/mol. The number of anilines is 1. The molecule has 13 heteroatoms. The Morgan fingerprint density at radius 2 is 2.00 bits per heavy atom. The van der Waals surface area contributed by atoms with Gasteiger partial charge in [0.2, 0.25) is 0 Å². The Bertz CT molecular complexity index is 1250. The summed E-state index contributed by atoms with van der Waals surface area (Å²) in [5.74, 6) is -0.0899. The summed E-state index contributed by atoms with van der Waals surface area (Å²) < 4.78 is 68.4. The third kappa shape index (κ3) is 5.27. The van der Waals surface area contributed by atoms with E-state index in [4.69, 9.17) is 5.14 Å². The van der Waals surface area contributed by atoms with Gasteiger partial charge in [-0.15, -0.1) is 5.10 Å². The fourth-order valence-electron chi connectivity index (χ4n) is 4.23. The molecule has 0 bridgehead atoms. The Balaban J connectivity index is 1.52. The molecule has 3 aromatic rings. The van der Waals surface area contributed by atoms with Gasteiger partial charge in [0.15, 0.2) is 5.82 Å². The van der Waals surface area contributed by atoms with Crippen LogP contribution in [0.5, 0.6) is 0 Å². The van der Waals surface area contributed by atoms with Crippen LogP contribution < -0.4 is 10.5 Å². The van der Waals surface area contributed by atoms with E-state index >= 15 is 0 Å². The van der Waals surface area contributed by atoms with Gasteiger partial charge in [-0.25, -0.2) is 5.14 Å². The van der Waals surface area contributed by atoms with Crippen LogP contribution in [0.15, 0.2) is 42.7 Å². The zero-order valence-electron chi connectivity index (χ0n) is 17.2. The van der Waals surface area contributed by atoms with Crippen molar-refractivity contribution in [2.45, 2.75) is 37.7 Å². The average Bonchev–Trinajstić information content (AvgIpc) is 3.33. The van der Waals surface area contributed by atoms with Crippen LogP contribution in [0.4, 0.5) is 19.0 Å². The zero-order chi connectivity index (χ0) is 23.8. The van der Waals surface area contributed by atoms with E-state index < -0.39 is 34.1 Å². The summed E-state index contributed by atoms with van der Waals surface area (Å²) in [7, 11) is -4.10. The first-order valence-corrected chi connectivity index (χ1v) is 11.6. The molecule has 0 aliphatic heterocycles. The highest BCUT2D eigenvalue weighted by atomic mass is 32.2. The van der Waals surface area contributed by atoms with E-state index in [1.165, 1.54) is 24.4 Å². The number of fused-ring (bicyclic) bond motifs is 1. The Morgan fingerprint density at radius 1 is 1.24 bits per heavy atom. The second-order valence-corrected chi connectivity index (χ2v) is 9.17. The van der Waals surface area contributed by atoms with Crippen LogP contribution in [0.25, 0.3) is 10.9 Å². The monoisotopic (exact) mass is 485 g/mol. The van der Waals surface area contributed by atoms with Gasteiger partial charge in [-0.3, -0.25) is 4.18 Å². The minimum absolute atomic E-state index is 0.0832. The number of halogens is 3. The number of nitrogens with one attached hydrogen (secondary N) is 1. The van der Waals surface area contributed by atoms with Gasteiger partial charge in [0.05, 0.1) is 30.0 Å². The SMILES string of the molecule is NS(=O)(=O)OC[C@@H]1C[C@@H](n2ccc3c(NCc4ccccc4C(F)(F)F)nncc32)C[C@@H]1O. The molecule has 2 heterocycles. The molecule has 0 unspecified atom stereocenters. The third-order valence-electron chi connectivity index (χ3n) is 5.79. The lowest BCUT2D eigenvalue weighted by molar-refractivity contribution is -0.138. The second-order valence-electron chi connectivity index (χ2n) is 7.95. The summed E-state index contributed by atoms with van der Waals surface area (Å²) in [6, 6.07) is 6.91. The molecule has 0 amide bonds. The van der Waals surface area contributed by atoms with E-state index in [1.807, 2.05) is 4.57 Å². The van der Waals surface area contributed by atoms with Gasteiger partial charge in [-0.1, -0.05) is 18.2 Å². The van der Waals surface area contributed by atoms with Gasteiger partial charge < -0.3 is 15.0 Å². The van der Waals surface area contributed by atoms with Gasteiger partial charge in [-0.05, 0) is 30.5 Å². The number of hydrogen-bond acceptors (Lipinski definition) is 7. The Hall–Kier alpha value is -2.74. The first kappa shape index (κ1) is 23.4. The van der Waals surface area contributed by atoms with E-state index in [0.717, 1.165) is 6.07 Å². The molecule has 1 fully saturated rings. The molecule has 4 N–H and O–H groups in total. The number of alkyl halides is 3. The Labute approximate surface area is 187 Å². The highest BCUT2D eigenvalue weighted by Crippen LogP contribution is 2.38. The summed E-state index contributed by atoms with van der Waals surface area (Å²) >= 11 is 0. The number of rotatable bonds is 7. The molecule has 9 nitrogen and oxygen atoms in total. The van der Waals surface area contributed by atoms with Crippen molar-refractivity contribution >= 4 is 27.0 Å². The van der Waals surface area contributed by atoms with Gasteiger partial charge in [-0.2, -0.15) is 26.7 Å². The highest BCUT2D eigenvalue weighted by Gasteiger charge is 2.35. The van der Waals surface area contributed by atoms with E-state index in [2.05, 4.69) is 19.7 Å². The van der Waals surface area contributed by atoms with Crippen molar-refractivity contribution in [2.75, 3.05) is 11.9 Å². The van der Waals surface area contributed by atoms with Crippen molar-refractivity contribution in [3.63, 3.8) is 0 Å². The minimum Gasteiger partial charge on any atom is -0.393 e. The summed E-state index contributed by atoms with van der Waals surface area (Å²) in [5, 5.41) is 26.8. The predicted octanol–water partition coefficient (Wildman–Crippen LogP) is 2.59. The van der Waals surface area contributed by atoms with Crippen molar-refractivity contribution in [1.29, 1.82) is 0 Å². The number of hydrogen-bond donors (Lipinski definition) is 3. The molecule has 0 spiro atoms. The van der Waals surface area contributed by atoms with Gasteiger partial charge in [0, 0.05) is 30.1 Å². The van der Waals surface area contributed by atoms with Crippen LogP contribution in [0.3, 0.4) is 0 Å². The highest BCUT2D eigenvalue weighted by molar-refractivity contribution is 7.84. The third-order valence-corrected chi connectivity index (χ3v) is 6.25. The lowest BCUT2D eigenvalue weighted by atomic mass is 10.1. The fourth-order valence-corrected chi connectivity index (χ4v) is 4.60. The molecule has 0 radical (unpaired) electrons. The lowest BCUT2D eigenvalue weighted by Crippen LogP contribution is -2.24. The molecule has 0 saturated heterocycles. The van der Waals surface area contributed by atoms with E-state index in [1.54, 1.807) is 12.3 Å². The maximum Gasteiger partial charge on any atom is 0.416 e. The molecule has 4 rings (SSSR count). The molecule has 1 saturated carbocycles. The minimum atomic E-state index is -4.47. The summed E-state index contributed by atoms with van der Waals surface area (Å²) in [6.07, 6.45) is -1.11. The van der Waals surface area contributed by atoms with Crippen molar-refractivity contribution in [3.8, 4) is 0 Å². The maximum absolute atomic E-state index is 13.3. The number of aliphatic hydroxyl groups excluding tert-OH is 1. The van der Waals surface area contributed by atoms with Crippen LogP contribution in [0.1, 0.15) is 30.0 Å². The molecular weight excluding hydrogens is 463 g/mol. The van der Waals surface area contributed by atoms with Crippen LogP contribution in [-0.4, -0.2) is 41.0 Å². The maximum atomic E-state index is 13.3. The normalized spacial score (nSPS) is 21.5. The molecule has 1 aromatic carbocycles. The van der Waals surface area contributed by atoms with Crippen LogP contribution in [0, 0.1) is 5.92 Å². The van der Waals surface area contributed by atoms with Crippen molar-refractivity contribution in [1.82, 2.24) is 14.8 Å². The summed E-state index contributed by atoms with van der Waals surface area (Å²) in [5.41, 5.74) is 0.0459. The molecule has 2 aromatic heterocycles. The number of nitrogens with zero attached hydrogens (tertiary/aromatic N) is 3. The molecule has 33 heavy (non-hydrogen) atoms. The van der Waals surface area contributed by atoms with E-state index in [-0.39, 0.29) is 24.8 Å². The second kappa shape index (κ2) is 8.89. The summed E-state index contributed by atoms with van der Waals surface area (Å²) in [4.78, 5) is 0. The standard InChI is InChI=1S/C20H22F3N5O4S/c21-20(22,23)16-4-2-1-3-12(16)9-25-19-15-5-6-28(17(15)10-26-27-19)14-7-13(18(29)8-14)11-32-33(24,30)31/h1-6,10,13-14,18,29H,7-9,11H2,(H,25,27)(H2,24,30,31)/t13-,14+,18-/m0/s1. The summed E-state index contributed by atoms with van der Waals surface area (Å²) in [6.45, 7) is -0.315. The van der Waals surface area contributed by atoms with E-state index in [0.29, 0.717) is 29.6 Å². The number of benzene rings is 1. The molecule has 3 atom stereocenters. The largest absolute Gasteiger partial charge is 0.416 e. The zero-order valence-corrected chi connectivity index (χ0v) is 18.1. The van der Waals surface area contributed by atoms with Crippen LogP contribution in [0.2, 0.25) is 0 Å². The van der Waals surface area contributed by atoms with Crippen molar-refractivity contribution < 1.29 is 30.9 Å². The quantitative estimate of drug-likeness (QED) is 0.469. The predicted molar refractivity (Wildman–Crippen MR) is 113 cm³/mol. The lowest BCUT2D eigenvalue weighted by Gasteiger charge is -2.15. The Morgan fingerprint density at radius 3 is 2.73 bits per heavy atom. The fraction of sp³-hybridized carbons (Fsp3) is 0.400. The van der Waals surface area contributed by atoms with Crippen molar-refractivity contribution in [2.24, 2.45) is 11.1 Å². The molecule has 178 valence electrons. The first-order chi connectivity index (χ1) is 15.5. The molecule has 1 aliphatic carbocycles. The van der Waals surface area contributed by atoms with Crippen LogP contribution >= 0.6 is 0 Å². The Kier molecular flexibility index (Phi) is 6.31. The van der Waals surface area contributed by atoms with Gasteiger partial charge in [0.1, 0.15) is 0 Å². The molecular formula is C20H22F3N5O4S. The smallest absolute Gasteiger partial charge is 0.393 e. The molecule has 1 aliphatic rings. The van der Waals surface area contributed by atoms with Gasteiger partial charge >= 0.3 is 16.5 Å². The van der Waals surface area contributed by atoms with E-state index in [9.17, 15) is 26.7 Å².